The molecule has 1 saturated heterocycles. The molecule has 0 aromatic carbocycles. The lowest BCUT2D eigenvalue weighted by molar-refractivity contribution is -0.134. The third-order valence-corrected chi connectivity index (χ3v) is 4.84. The van der Waals surface area contributed by atoms with Crippen molar-refractivity contribution in [3.05, 3.63) is 22.4 Å². The number of hydrogen-bond donors (Lipinski definition) is 1. The van der Waals surface area contributed by atoms with Gasteiger partial charge in [-0.3, -0.25) is 14.5 Å². The molecule has 1 aliphatic rings. The van der Waals surface area contributed by atoms with Crippen molar-refractivity contribution >= 4 is 23.2 Å². The number of likely N-dealkylation sites (tertiary alicyclic amines) is 1. The van der Waals surface area contributed by atoms with Gasteiger partial charge in [-0.15, -0.1) is 11.3 Å². The molecule has 1 aromatic rings. The van der Waals surface area contributed by atoms with Crippen LogP contribution in [0.25, 0.3) is 0 Å². The third-order valence-electron chi connectivity index (χ3n) is 3.78. The largest absolute Gasteiger partial charge is 0.348 e. The lowest BCUT2D eigenvalue weighted by Crippen LogP contribution is -2.46. The van der Waals surface area contributed by atoms with Gasteiger partial charge >= 0.3 is 0 Å². The van der Waals surface area contributed by atoms with Crippen LogP contribution in [-0.2, 0) is 9.59 Å². The summed E-state index contributed by atoms with van der Waals surface area (Å²) < 4.78 is 0. The summed E-state index contributed by atoms with van der Waals surface area (Å²) in [5.74, 6) is 0.0703. The van der Waals surface area contributed by atoms with E-state index in [9.17, 15) is 9.59 Å². The highest BCUT2D eigenvalue weighted by molar-refractivity contribution is 7.10. The zero-order chi connectivity index (χ0) is 15.4. The number of nitrogens with one attached hydrogen (secondary N) is 1. The molecule has 2 amide bonds. The van der Waals surface area contributed by atoms with E-state index in [1.54, 1.807) is 30.3 Å². The Hall–Kier alpha value is -1.40. The van der Waals surface area contributed by atoms with Crippen LogP contribution in [0.3, 0.4) is 0 Å². The molecule has 0 bridgehead atoms. The van der Waals surface area contributed by atoms with Crippen LogP contribution >= 0.6 is 11.3 Å². The molecular weight excluding hydrogens is 286 g/mol. The molecule has 0 radical (unpaired) electrons. The maximum Gasteiger partial charge on any atom is 0.239 e. The second-order valence-corrected chi connectivity index (χ2v) is 6.65. The molecule has 2 atom stereocenters. The van der Waals surface area contributed by atoms with E-state index >= 15 is 0 Å². The lowest BCUT2D eigenvalue weighted by atomic mass is 10.2. The molecule has 1 fully saturated rings. The quantitative estimate of drug-likeness (QED) is 0.896. The second kappa shape index (κ2) is 7.04. The van der Waals surface area contributed by atoms with Crippen molar-refractivity contribution in [2.75, 3.05) is 27.2 Å². The molecule has 5 nitrogen and oxygen atoms in total. The minimum Gasteiger partial charge on any atom is -0.348 e. The van der Waals surface area contributed by atoms with Crippen LogP contribution in [0.5, 0.6) is 0 Å². The minimum absolute atomic E-state index is 0.0168. The average Bonchev–Trinajstić information content (AvgIpc) is 3.08. The van der Waals surface area contributed by atoms with Crippen LogP contribution in [0.1, 0.15) is 30.7 Å². The van der Waals surface area contributed by atoms with Crippen molar-refractivity contribution in [2.45, 2.75) is 31.8 Å². The topological polar surface area (TPSA) is 52.7 Å². The molecule has 0 saturated carbocycles. The fourth-order valence-electron chi connectivity index (χ4n) is 2.67. The van der Waals surface area contributed by atoms with E-state index in [0.717, 1.165) is 24.3 Å². The van der Waals surface area contributed by atoms with Gasteiger partial charge in [0.05, 0.1) is 18.6 Å². The summed E-state index contributed by atoms with van der Waals surface area (Å²) in [6, 6.07) is 3.87. The van der Waals surface area contributed by atoms with Crippen molar-refractivity contribution in [2.24, 2.45) is 0 Å². The molecule has 1 aliphatic heterocycles. The van der Waals surface area contributed by atoms with E-state index in [0.29, 0.717) is 6.54 Å². The van der Waals surface area contributed by atoms with Crippen LogP contribution in [0.4, 0.5) is 0 Å². The molecule has 0 spiro atoms. The zero-order valence-corrected chi connectivity index (χ0v) is 13.7. The Bertz CT molecular complexity index is 487. The van der Waals surface area contributed by atoms with Gasteiger partial charge in [-0.25, -0.2) is 0 Å². The smallest absolute Gasteiger partial charge is 0.239 e. The van der Waals surface area contributed by atoms with Gasteiger partial charge in [0, 0.05) is 19.0 Å². The van der Waals surface area contributed by atoms with Gasteiger partial charge in [0.2, 0.25) is 11.8 Å². The van der Waals surface area contributed by atoms with Crippen molar-refractivity contribution in [3.63, 3.8) is 0 Å². The van der Waals surface area contributed by atoms with Gasteiger partial charge < -0.3 is 10.2 Å². The highest BCUT2D eigenvalue weighted by Gasteiger charge is 2.32. The number of rotatable bonds is 5. The molecule has 6 heteroatoms. The standard InChI is InChI=1S/C15H23N3O2S/c1-11(13-7-5-9-21-13)16-14(19)10-18-8-4-6-12(18)15(20)17(2)3/h5,7,9,11-12H,4,6,8,10H2,1-3H3,(H,16,19). The minimum atomic E-state index is -0.150. The maximum atomic E-state index is 12.2. The van der Waals surface area contributed by atoms with Crippen molar-refractivity contribution in [1.29, 1.82) is 0 Å². The normalized spacial score (nSPS) is 20.2. The molecular formula is C15H23N3O2S. The summed E-state index contributed by atoms with van der Waals surface area (Å²) in [6.07, 6.45) is 1.81. The van der Waals surface area contributed by atoms with E-state index in [1.165, 1.54) is 0 Å². The zero-order valence-electron chi connectivity index (χ0n) is 12.8. The average molecular weight is 309 g/mol. The van der Waals surface area contributed by atoms with Gasteiger partial charge in [-0.2, -0.15) is 0 Å². The Morgan fingerprint density at radius 3 is 2.90 bits per heavy atom. The Morgan fingerprint density at radius 2 is 2.29 bits per heavy atom. The van der Waals surface area contributed by atoms with Crippen molar-refractivity contribution in [3.8, 4) is 0 Å². The summed E-state index contributed by atoms with van der Waals surface area (Å²) in [5, 5.41) is 5.01. The number of likely N-dealkylation sites (N-methyl/N-ethyl adjacent to an activating group) is 1. The van der Waals surface area contributed by atoms with E-state index < -0.39 is 0 Å². The van der Waals surface area contributed by atoms with Crippen LogP contribution < -0.4 is 5.32 Å². The summed E-state index contributed by atoms with van der Waals surface area (Å²) in [6.45, 7) is 3.08. The van der Waals surface area contributed by atoms with Crippen LogP contribution in [0.15, 0.2) is 17.5 Å². The molecule has 2 heterocycles. The molecule has 2 rings (SSSR count). The number of amides is 2. The highest BCUT2D eigenvalue weighted by Crippen LogP contribution is 2.20. The third kappa shape index (κ3) is 4.04. The summed E-state index contributed by atoms with van der Waals surface area (Å²) in [5.41, 5.74) is 0. The monoisotopic (exact) mass is 309 g/mol. The predicted molar refractivity (Wildman–Crippen MR) is 84.2 cm³/mol. The summed E-state index contributed by atoms with van der Waals surface area (Å²) in [4.78, 5) is 29.0. The van der Waals surface area contributed by atoms with Gasteiger partial charge in [-0.05, 0) is 37.8 Å². The van der Waals surface area contributed by atoms with E-state index in [2.05, 4.69) is 5.32 Å². The van der Waals surface area contributed by atoms with Crippen molar-refractivity contribution < 1.29 is 9.59 Å². The molecule has 1 aromatic heterocycles. The molecule has 21 heavy (non-hydrogen) atoms. The predicted octanol–water partition coefficient (Wildman–Crippen LogP) is 1.48. The first kappa shape index (κ1) is 16.0. The van der Waals surface area contributed by atoms with Crippen LogP contribution in [-0.4, -0.2) is 54.8 Å². The number of carbonyl (C=O) groups excluding carboxylic acids is 2. The number of nitrogens with zero attached hydrogens (tertiary/aromatic N) is 2. The number of thiophene rings is 1. The first-order valence-electron chi connectivity index (χ1n) is 7.27. The van der Waals surface area contributed by atoms with Crippen molar-refractivity contribution in [1.82, 2.24) is 15.1 Å². The SMILES string of the molecule is CC(NC(=O)CN1CCCC1C(=O)N(C)C)c1cccs1. The van der Waals surface area contributed by atoms with Crippen LogP contribution in [0, 0.1) is 0 Å². The van der Waals surface area contributed by atoms with Gasteiger partial charge in [0.25, 0.3) is 0 Å². The first-order chi connectivity index (χ1) is 9.99. The fourth-order valence-corrected chi connectivity index (χ4v) is 3.41. The molecule has 116 valence electrons. The Labute approximate surface area is 129 Å². The number of hydrogen-bond acceptors (Lipinski definition) is 4. The van der Waals surface area contributed by atoms with E-state index in [-0.39, 0.29) is 23.9 Å². The van der Waals surface area contributed by atoms with E-state index in [4.69, 9.17) is 0 Å². The Balaban J connectivity index is 1.88. The Kier molecular flexibility index (Phi) is 5.36. The molecule has 1 N–H and O–H groups in total. The maximum absolute atomic E-state index is 12.2. The molecule has 0 aliphatic carbocycles. The lowest BCUT2D eigenvalue weighted by Gasteiger charge is -2.26. The second-order valence-electron chi connectivity index (χ2n) is 5.67. The number of carbonyl (C=O) groups is 2. The van der Waals surface area contributed by atoms with Gasteiger partial charge in [-0.1, -0.05) is 6.07 Å². The highest BCUT2D eigenvalue weighted by atomic mass is 32.1. The first-order valence-corrected chi connectivity index (χ1v) is 8.15. The van der Waals surface area contributed by atoms with Gasteiger partial charge in [0.1, 0.15) is 0 Å². The fraction of sp³-hybridized carbons (Fsp3) is 0.600. The Morgan fingerprint density at radius 1 is 1.52 bits per heavy atom. The molecule has 2 unspecified atom stereocenters. The van der Waals surface area contributed by atoms with Crippen LogP contribution in [0.2, 0.25) is 0 Å². The van der Waals surface area contributed by atoms with E-state index in [1.807, 2.05) is 29.3 Å². The summed E-state index contributed by atoms with van der Waals surface area (Å²) in [7, 11) is 3.52. The van der Waals surface area contributed by atoms with Gasteiger partial charge in [0.15, 0.2) is 0 Å². The summed E-state index contributed by atoms with van der Waals surface area (Å²) >= 11 is 1.64.